The van der Waals surface area contributed by atoms with Gasteiger partial charge in [-0.25, -0.2) is 4.98 Å². The SMILES string of the molecule is CCc1nsc(NCC(C)(C)c2ccccc2)n1. The molecule has 0 aliphatic heterocycles. The average Bonchev–Trinajstić information content (AvgIpc) is 2.86. The van der Waals surface area contributed by atoms with Crippen LogP contribution >= 0.6 is 11.5 Å². The molecule has 2 rings (SSSR count). The highest BCUT2D eigenvalue weighted by molar-refractivity contribution is 7.09. The Morgan fingerprint density at radius 3 is 2.56 bits per heavy atom. The molecular formula is C14H19N3S. The fourth-order valence-corrected chi connectivity index (χ4v) is 2.40. The first kappa shape index (κ1) is 13.0. The molecule has 96 valence electrons. The molecule has 0 atom stereocenters. The van der Waals surface area contributed by atoms with Crippen molar-refractivity contribution in [3.05, 3.63) is 41.7 Å². The van der Waals surface area contributed by atoms with Gasteiger partial charge in [0.15, 0.2) is 0 Å². The molecule has 0 spiro atoms. The zero-order chi connectivity index (χ0) is 13.0. The molecule has 1 aromatic carbocycles. The molecule has 0 aliphatic rings. The van der Waals surface area contributed by atoms with Crippen molar-refractivity contribution in [3.8, 4) is 0 Å². The lowest BCUT2D eigenvalue weighted by molar-refractivity contribution is 0.557. The molecule has 18 heavy (non-hydrogen) atoms. The first-order chi connectivity index (χ1) is 8.62. The molecule has 4 heteroatoms. The van der Waals surface area contributed by atoms with Crippen LogP contribution in [0.2, 0.25) is 0 Å². The molecule has 0 saturated heterocycles. The van der Waals surface area contributed by atoms with Gasteiger partial charge in [0.1, 0.15) is 5.82 Å². The van der Waals surface area contributed by atoms with Gasteiger partial charge in [0.05, 0.1) is 0 Å². The monoisotopic (exact) mass is 261 g/mol. The van der Waals surface area contributed by atoms with E-state index in [1.165, 1.54) is 17.1 Å². The first-order valence-corrected chi connectivity index (χ1v) is 7.01. The summed E-state index contributed by atoms with van der Waals surface area (Å²) in [5.74, 6) is 0.917. The van der Waals surface area contributed by atoms with Gasteiger partial charge in [0, 0.05) is 29.9 Å². The third-order valence-electron chi connectivity index (χ3n) is 3.02. The van der Waals surface area contributed by atoms with E-state index in [0.29, 0.717) is 0 Å². The number of anilines is 1. The van der Waals surface area contributed by atoms with Crippen LogP contribution in [0.15, 0.2) is 30.3 Å². The molecule has 0 fully saturated rings. The van der Waals surface area contributed by atoms with Gasteiger partial charge < -0.3 is 5.32 Å². The van der Waals surface area contributed by atoms with Crippen molar-refractivity contribution < 1.29 is 0 Å². The minimum absolute atomic E-state index is 0.0826. The topological polar surface area (TPSA) is 37.8 Å². The molecule has 1 N–H and O–H groups in total. The number of nitrogens with zero attached hydrogens (tertiary/aromatic N) is 2. The molecule has 0 bridgehead atoms. The highest BCUT2D eigenvalue weighted by Gasteiger charge is 2.20. The molecule has 3 nitrogen and oxygen atoms in total. The summed E-state index contributed by atoms with van der Waals surface area (Å²) >= 11 is 1.44. The lowest BCUT2D eigenvalue weighted by Crippen LogP contribution is -2.27. The third-order valence-corrected chi connectivity index (χ3v) is 3.73. The molecule has 0 radical (unpaired) electrons. The quantitative estimate of drug-likeness (QED) is 0.895. The van der Waals surface area contributed by atoms with Crippen LogP contribution in [0.25, 0.3) is 0 Å². The van der Waals surface area contributed by atoms with Gasteiger partial charge in [-0.05, 0) is 5.56 Å². The number of hydrogen-bond acceptors (Lipinski definition) is 4. The highest BCUT2D eigenvalue weighted by atomic mass is 32.1. The van der Waals surface area contributed by atoms with E-state index in [1.807, 2.05) is 6.07 Å². The number of aromatic nitrogens is 2. The summed E-state index contributed by atoms with van der Waals surface area (Å²) in [6, 6.07) is 10.5. The maximum absolute atomic E-state index is 4.42. The fourth-order valence-electron chi connectivity index (χ4n) is 1.76. The molecule has 2 aromatic rings. The Hall–Kier alpha value is -1.42. The Morgan fingerprint density at radius 1 is 1.22 bits per heavy atom. The van der Waals surface area contributed by atoms with Crippen LogP contribution < -0.4 is 5.32 Å². The van der Waals surface area contributed by atoms with Crippen LogP contribution in [0.1, 0.15) is 32.2 Å². The van der Waals surface area contributed by atoms with Crippen molar-refractivity contribution in [3.63, 3.8) is 0 Å². The van der Waals surface area contributed by atoms with E-state index in [9.17, 15) is 0 Å². The van der Waals surface area contributed by atoms with Gasteiger partial charge in [-0.1, -0.05) is 51.1 Å². The van der Waals surface area contributed by atoms with E-state index < -0.39 is 0 Å². The van der Waals surface area contributed by atoms with Crippen molar-refractivity contribution in [2.45, 2.75) is 32.6 Å². The second-order valence-electron chi connectivity index (χ2n) is 4.97. The van der Waals surface area contributed by atoms with Crippen molar-refractivity contribution in [2.75, 3.05) is 11.9 Å². The standard InChI is InChI=1S/C14H19N3S/c1-4-12-16-13(18-17-12)15-10-14(2,3)11-8-6-5-7-9-11/h5-9H,4,10H2,1-3H3,(H,15,16,17). The summed E-state index contributed by atoms with van der Waals surface area (Å²) in [5, 5.41) is 4.30. The number of rotatable bonds is 5. The summed E-state index contributed by atoms with van der Waals surface area (Å²) in [5.41, 5.74) is 1.41. The number of benzene rings is 1. The molecule has 0 saturated carbocycles. The lowest BCUT2D eigenvalue weighted by atomic mass is 9.85. The van der Waals surface area contributed by atoms with E-state index in [0.717, 1.165) is 23.9 Å². The third kappa shape index (κ3) is 3.07. The second kappa shape index (κ2) is 5.48. The Labute approximate surface area is 112 Å². The Morgan fingerprint density at radius 2 is 1.94 bits per heavy atom. The summed E-state index contributed by atoms with van der Waals surface area (Å²) < 4.78 is 4.28. The van der Waals surface area contributed by atoms with Gasteiger partial charge >= 0.3 is 0 Å². The summed E-state index contributed by atoms with van der Waals surface area (Å²) in [6.45, 7) is 7.39. The molecule has 1 aromatic heterocycles. The first-order valence-electron chi connectivity index (χ1n) is 6.24. The largest absolute Gasteiger partial charge is 0.359 e. The highest BCUT2D eigenvalue weighted by Crippen LogP contribution is 2.23. The Bertz CT molecular complexity index is 491. The minimum Gasteiger partial charge on any atom is -0.359 e. The maximum atomic E-state index is 4.42. The van der Waals surface area contributed by atoms with Crippen LogP contribution in [0.3, 0.4) is 0 Å². The maximum Gasteiger partial charge on any atom is 0.202 e. The van der Waals surface area contributed by atoms with Crippen LogP contribution in [0, 0.1) is 0 Å². The second-order valence-corrected chi connectivity index (χ2v) is 5.72. The number of hydrogen-bond donors (Lipinski definition) is 1. The zero-order valence-electron chi connectivity index (χ0n) is 11.1. The van der Waals surface area contributed by atoms with Crippen molar-refractivity contribution in [1.82, 2.24) is 9.36 Å². The molecule has 0 aliphatic carbocycles. The van der Waals surface area contributed by atoms with Crippen LogP contribution in [-0.4, -0.2) is 15.9 Å². The minimum atomic E-state index is 0.0826. The van der Waals surface area contributed by atoms with Gasteiger partial charge in [-0.15, -0.1) is 0 Å². The lowest BCUT2D eigenvalue weighted by Gasteiger charge is -2.25. The van der Waals surface area contributed by atoms with Crippen LogP contribution in [0.5, 0.6) is 0 Å². The predicted octanol–water partition coefficient (Wildman–Crippen LogP) is 3.49. The zero-order valence-corrected chi connectivity index (χ0v) is 11.9. The van der Waals surface area contributed by atoms with Crippen molar-refractivity contribution in [2.24, 2.45) is 0 Å². The number of aryl methyl sites for hydroxylation is 1. The Kier molecular flexibility index (Phi) is 3.97. The van der Waals surface area contributed by atoms with E-state index in [4.69, 9.17) is 0 Å². The van der Waals surface area contributed by atoms with Crippen molar-refractivity contribution in [1.29, 1.82) is 0 Å². The van der Waals surface area contributed by atoms with Crippen LogP contribution in [-0.2, 0) is 11.8 Å². The van der Waals surface area contributed by atoms with E-state index >= 15 is 0 Å². The average molecular weight is 261 g/mol. The fraction of sp³-hybridized carbons (Fsp3) is 0.429. The molecular weight excluding hydrogens is 242 g/mol. The van der Waals surface area contributed by atoms with Gasteiger partial charge in [-0.2, -0.15) is 4.37 Å². The van der Waals surface area contributed by atoms with Gasteiger partial charge in [0.2, 0.25) is 5.13 Å². The summed E-state index contributed by atoms with van der Waals surface area (Å²) in [4.78, 5) is 4.42. The van der Waals surface area contributed by atoms with E-state index in [-0.39, 0.29) is 5.41 Å². The molecule has 0 unspecified atom stereocenters. The smallest absolute Gasteiger partial charge is 0.202 e. The van der Waals surface area contributed by atoms with Gasteiger partial charge in [0.25, 0.3) is 0 Å². The summed E-state index contributed by atoms with van der Waals surface area (Å²) in [7, 11) is 0. The molecule has 0 amide bonds. The van der Waals surface area contributed by atoms with Gasteiger partial charge in [-0.3, -0.25) is 0 Å². The van der Waals surface area contributed by atoms with Crippen LogP contribution in [0.4, 0.5) is 5.13 Å². The van der Waals surface area contributed by atoms with E-state index in [1.54, 1.807) is 0 Å². The van der Waals surface area contributed by atoms with Crippen molar-refractivity contribution >= 4 is 16.7 Å². The Balaban J connectivity index is 2.00. The predicted molar refractivity (Wildman–Crippen MR) is 77.2 cm³/mol. The summed E-state index contributed by atoms with van der Waals surface area (Å²) in [6.07, 6.45) is 0.889. The normalized spacial score (nSPS) is 11.5. The number of nitrogens with one attached hydrogen (secondary N) is 1. The van der Waals surface area contributed by atoms with E-state index in [2.05, 4.69) is 59.7 Å². The molecule has 1 heterocycles.